The van der Waals surface area contributed by atoms with Crippen LogP contribution >= 0.6 is 0 Å². The van der Waals surface area contributed by atoms with Gasteiger partial charge in [-0.1, -0.05) is 0 Å². The van der Waals surface area contributed by atoms with Gasteiger partial charge in [0.05, 0.1) is 0 Å². The molecule has 0 spiro atoms. The molecule has 2 rings (SSSR count). The number of piperidine rings is 2. The number of rotatable bonds is 1. The molecule has 2 aliphatic rings. The van der Waals surface area contributed by atoms with Crippen molar-refractivity contribution in [2.45, 2.75) is 44.6 Å². The zero-order valence-corrected chi connectivity index (χ0v) is 10.3. The van der Waals surface area contributed by atoms with Crippen molar-refractivity contribution < 1.29 is 4.39 Å². The van der Waals surface area contributed by atoms with Gasteiger partial charge in [0.25, 0.3) is 0 Å². The fourth-order valence-corrected chi connectivity index (χ4v) is 3.37. The number of hydrogen-bond acceptors (Lipinski definition) is 3. The molecular formula is C12H24FN3. The minimum Gasteiger partial charge on any atom is -0.326 e. The van der Waals surface area contributed by atoms with Gasteiger partial charge in [0.1, 0.15) is 0 Å². The highest BCUT2D eigenvalue weighted by Crippen LogP contribution is 2.33. The van der Waals surface area contributed by atoms with E-state index < -0.39 is 6.30 Å². The number of halogens is 1. The van der Waals surface area contributed by atoms with Gasteiger partial charge in [0, 0.05) is 18.6 Å². The minimum atomic E-state index is -0.811. The van der Waals surface area contributed by atoms with Crippen LogP contribution in [0.5, 0.6) is 0 Å². The molecule has 2 aliphatic heterocycles. The molecule has 0 aromatic carbocycles. The predicted molar refractivity (Wildman–Crippen MR) is 63.8 cm³/mol. The van der Waals surface area contributed by atoms with Crippen molar-refractivity contribution in [3.8, 4) is 0 Å². The van der Waals surface area contributed by atoms with Crippen molar-refractivity contribution in [1.29, 1.82) is 0 Å². The van der Waals surface area contributed by atoms with E-state index in [-0.39, 0.29) is 12.1 Å². The largest absolute Gasteiger partial charge is 0.326 e. The van der Waals surface area contributed by atoms with E-state index in [2.05, 4.69) is 24.2 Å². The standard InChI is InChI=1S/C12H24FN3/c1-8-9(3-4-12(13)15-8)10-5-6-16(2)7-11(10)14/h8-12,15H,3-7,14H2,1-2H3. The van der Waals surface area contributed by atoms with E-state index in [1.54, 1.807) is 0 Å². The number of nitrogens with zero attached hydrogens (tertiary/aromatic N) is 1. The van der Waals surface area contributed by atoms with Crippen LogP contribution in [-0.2, 0) is 0 Å². The maximum atomic E-state index is 13.2. The van der Waals surface area contributed by atoms with Crippen molar-refractivity contribution in [3.63, 3.8) is 0 Å². The number of hydrogen-bond donors (Lipinski definition) is 2. The topological polar surface area (TPSA) is 41.3 Å². The van der Waals surface area contributed by atoms with E-state index in [0.29, 0.717) is 18.3 Å². The van der Waals surface area contributed by atoms with Gasteiger partial charge < -0.3 is 10.6 Å². The minimum absolute atomic E-state index is 0.254. The normalized spacial score (nSPS) is 46.9. The highest BCUT2D eigenvalue weighted by molar-refractivity contribution is 4.92. The Morgan fingerprint density at radius 1 is 1.25 bits per heavy atom. The Morgan fingerprint density at radius 2 is 2.00 bits per heavy atom. The summed E-state index contributed by atoms with van der Waals surface area (Å²) in [5.74, 6) is 1.11. The van der Waals surface area contributed by atoms with Crippen LogP contribution in [0.15, 0.2) is 0 Å². The Balaban J connectivity index is 1.96. The Morgan fingerprint density at radius 3 is 2.62 bits per heavy atom. The van der Waals surface area contributed by atoms with Gasteiger partial charge in [-0.2, -0.15) is 0 Å². The molecule has 4 heteroatoms. The summed E-state index contributed by atoms with van der Waals surface area (Å²) in [5, 5.41) is 3.02. The van der Waals surface area contributed by atoms with E-state index in [0.717, 1.165) is 25.9 Å². The summed E-state index contributed by atoms with van der Waals surface area (Å²) in [7, 11) is 2.12. The third-order valence-electron chi connectivity index (χ3n) is 4.31. The number of nitrogens with two attached hydrogens (primary N) is 1. The Hall–Kier alpha value is -0.190. The molecule has 5 atom stereocenters. The lowest BCUT2D eigenvalue weighted by Gasteiger charge is -2.44. The molecule has 3 N–H and O–H groups in total. The molecular weight excluding hydrogens is 205 g/mol. The first-order valence-electron chi connectivity index (χ1n) is 6.42. The lowest BCUT2D eigenvalue weighted by Crippen LogP contribution is -2.55. The predicted octanol–water partition coefficient (Wildman–Crippen LogP) is 0.949. The summed E-state index contributed by atoms with van der Waals surface area (Å²) in [4.78, 5) is 2.29. The third-order valence-corrected chi connectivity index (χ3v) is 4.31. The number of alkyl halides is 1. The molecule has 16 heavy (non-hydrogen) atoms. The first kappa shape index (κ1) is 12.3. The van der Waals surface area contributed by atoms with E-state index in [4.69, 9.17) is 5.73 Å². The molecule has 0 bridgehead atoms. The van der Waals surface area contributed by atoms with Gasteiger partial charge in [-0.05, 0) is 51.6 Å². The lowest BCUT2D eigenvalue weighted by molar-refractivity contribution is 0.0677. The van der Waals surface area contributed by atoms with Crippen LogP contribution in [0.25, 0.3) is 0 Å². The van der Waals surface area contributed by atoms with Crippen molar-refractivity contribution in [2.75, 3.05) is 20.1 Å². The molecule has 94 valence electrons. The van der Waals surface area contributed by atoms with Crippen molar-refractivity contribution in [2.24, 2.45) is 17.6 Å². The summed E-state index contributed by atoms with van der Waals surface area (Å²) in [5.41, 5.74) is 6.23. The second kappa shape index (κ2) is 4.98. The fraction of sp³-hybridized carbons (Fsp3) is 1.00. The maximum Gasteiger partial charge on any atom is 0.151 e. The average Bonchev–Trinajstić information content (AvgIpc) is 2.19. The zero-order valence-electron chi connectivity index (χ0n) is 10.3. The highest BCUT2D eigenvalue weighted by Gasteiger charge is 2.37. The van der Waals surface area contributed by atoms with Crippen LogP contribution in [0, 0.1) is 11.8 Å². The van der Waals surface area contributed by atoms with Gasteiger partial charge in [-0.25, -0.2) is 4.39 Å². The number of likely N-dealkylation sites (tertiary alicyclic amines) is 1. The van der Waals surface area contributed by atoms with E-state index in [1.165, 1.54) is 0 Å². The Labute approximate surface area is 97.6 Å². The summed E-state index contributed by atoms with van der Waals surface area (Å²) >= 11 is 0. The maximum absolute atomic E-state index is 13.2. The van der Waals surface area contributed by atoms with Crippen LogP contribution in [0.1, 0.15) is 26.2 Å². The monoisotopic (exact) mass is 229 g/mol. The number of nitrogens with one attached hydrogen (secondary N) is 1. The van der Waals surface area contributed by atoms with Gasteiger partial charge >= 0.3 is 0 Å². The van der Waals surface area contributed by atoms with Gasteiger partial charge in [0.2, 0.25) is 0 Å². The van der Waals surface area contributed by atoms with E-state index in [1.807, 2.05) is 0 Å². The molecule has 0 aromatic heterocycles. The van der Waals surface area contributed by atoms with Crippen molar-refractivity contribution >= 4 is 0 Å². The van der Waals surface area contributed by atoms with Crippen LogP contribution in [0.2, 0.25) is 0 Å². The first-order valence-corrected chi connectivity index (χ1v) is 6.42. The average molecular weight is 229 g/mol. The van der Waals surface area contributed by atoms with E-state index in [9.17, 15) is 4.39 Å². The molecule has 0 aliphatic carbocycles. The van der Waals surface area contributed by atoms with Gasteiger partial charge in [0.15, 0.2) is 6.30 Å². The van der Waals surface area contributed by atoms with Crippen LogP contribution < -0.4 is 11.1 Å². The van der Waals surface area contributed by atoms with Crippen LogP contribution in [0.4, 0.5) is 4.39 Å². The Bertz CT molecular complexity index is 212. The molecule has 0 radical (unpaired) electrons. The van der Waals surface area contributed by atoms with Crippen molar-refractivity contribution in [1.82, 2.24) is 10.2 Å². The number of likely N-dealkylation sites (N-methyl/N-ethyl adjacent to an activating group) is 1. The second-order valence-electron chi connectivity index (χ2n) is 5.54. The first-order chi connectivity index (χ1) is 7.58. The Kier molecular flexibility index (Phi) is 3.82. The van der Waals surface area contributed by atoms with Gasteiger partial charge in [-0.3, -0.25) is 5.32 Å². The second-order valence-corrected chi connectivity index (χ2v) is 5.54. The zero-order chi connectivity index (χ0) is 11.7. The molecule has 2 saturated heterocycles. The van der Waals surface area contributed by atoms with Gasteiger partial charge in [-0.15, -0.1) is 0 Å². The fourth-order valence-electron chi connectivity index (χ4n) is 3.37. The molecule has 2 heterocycles. The molecule has 5 unspecified atom stereocenters. The quantitative estimate of drug-likeness (QED) is 0.658. The summed E-state index contributed by atoms with van der Waals surface area (Å²) in [6, 6.07) is 0.521. The highest BCUT2D eigenvalue weighted by atomic mass is 19.1. The third kappa shape index (κ3) is 2.55. The summed E-state index contributed by atoms with van der Waals surface area (Å²) < 4.78 is 13.2. The van der Waals surface area contributed by atoms with E-state index >= 15 is 0 Å². The molecule has 3 nitrogen and oxygen atoms in total. The summed E-state index contributed by atoms with van der Waals surface area (Å²) in [6.07, 6.45) is 1.98. The lowest BCUT2D eigenvalue weighted by atomic mass is 9.74. The van der Waals surface area contributed by atoms with Crippen LogP contribution in [0.3, 0.4) is 0 Å². The van der Waals surface area contributed by atoms with Crippen molar-refractivity contribution in [3.05, 3.63) is 0 Å². The summed E-state index contributed by atoms with van der Waals surface area (Å²) in [6.45, 7) is 4.20. The smallest absolute Gasteiger partial charge is 0.151 e. The SMILES string of the molecule is CC1NC(F)CCC1C1CCN(C)CC1N. The molecule has 0 amide bonds. The van der Waals surface area contributed by atoms with Crippen LogP contribution in [-0.4, -0.2) is 43.4 Å². The molecule has 0 aromatic rings. The molecule has 2 fully saturated rings. The molecule has 0 saturated carbocycles.